The molecule has 0 fully saturated rings. The molecule has 0 aliphatic rings. The van der Waals surface area contributed by atoms with Gasteiger partial charge in [0.2, 0.25) is 11.7 Å². The van der Waals surface area contributed by atoms with E-state index in [4.69, 9.17) is 0 Å². The molecule has 0 aliphatic carbocycles. The third kappa shape index (κ3) is 2.54. The molecule has 2 aromatic heterocycles. The van der Waals surface area contributed by atoms with Gasteiger partial charge in [-0.05, 0) is 24.3 Å². The first-order valence-electron chi connectivity index (χ1n) is 6.87. The third-order valence-electron chi connectivity index (χ3n) is 3.71. The Morgan fingerprint density at radius 3 is 2.42 bits per heavy atom. The Morgan fingerprint density at radius 2 is 1.79 bits per heavy atom. The van der Waals surface area contributed by atoms with Gasteiger partial charge in [0.1, 0.15) is 0 Å². The van der Waals surface area contributed by atoms with Gasteiger partial charge >= 0.3 is 5.69 Å². The first kappa shape index (κ1) is 15.5. The number of nitro benzene ring substituents is 1. The zero-order valence-electron chi connectivity index (χ0n) is 12.5. The van der Waals surface area contributed by atoms with Gasteiger partial charge in [0, 0.05) is 47.9 Å². The molecule has 2 N–H and O–H groups in total. The average molecular weight is 329 g/mol. The summed E-state index contributed by atoms with van der Waals surface area (Å²) in [7, 11) is 1.71. The van der Waals surface area contributed by atoms with Gasteiger partial charge in [-0.3, -0.25) is 10.1 Å². The molecular weight excluding hydrogens is 317 g/mol. The van der Waals surface area contributed by atoms with Crippen molar-refractivity contribution in [2.45, 2.75) is 0 Å². The standard InChI is InChI=1S/C16H12FN3O4/c1-19-11(9-4-5-18-15(17)8-9)2-3-12(19)10-6-13(20(23)24)16(22)14(21)7-10/h2-8,21-22H,1H3. The van der Waals surface area contributed by atoms with E-state index in [1.54, 1.807) is 29.8 Å². The molecule has 0 spiro atoms. The van der Waals surface area contributed by atoms with Crippen LogP contribution in [0.2, 0.25) is 0 Å². The van der Waals surface area contributed by atoms with Crippen LogP contribution in [0.15, 0.2) is 42.6 Å². The Hall–Kier alpha value is -3.42. The van der Waals surface area contributed by atoms with Crippen LogP contribution >= 0.6 is 0 Å². The highest BCUT2D eigenvalue weighted by Gasteiger charge is 2.21. The van der Waals surface area contributed by atoms with Gasteiger partial charge in [0.15, 0.2) is 5.75 Å². The molecule has 0 saturated heterocycles. The smallest absolute Gasteiger partial charge is 0.315 e. The summed E-state index contributed by atoms with van der Waals surface area (Å²) in [6.45, 7) is 0. The number of hydrogen-bond donors (Lipinski definition) is 2. The van der Waals surface area contributed by atoms with Crippen LogP contribution in [0, 0.1) is 16.1 Å². The number of aromatic hydroxyl groups is 2. The molecule has 24 heavy (non-hydrogen) atoms. The Labute approximate surface area is 135 Å². The monoisotopic (exact) mass is 329 g/mol. The summed E-state index contributed by atoms with van der Waals surface area (Å²) < 4.78 is 15.0. The lowest BCUT2D eigenvalue weighted by atomic mass is 10.1. The van der Waals surface area contributed by atoms with Gasteiger partial charge in [0.05, 0.1) is 4.92 Å². The summed E-state index contributed by atoms with van der Waals surface area (Å²) in [5, 5.41) is 30.3. The van der Waals surface area contributed by atoms with Crippen molar-refractivity contribution in [2.24, 2.45) is 7.05 Å². The summed E-state index contributed by atoms with van der Waals surface area (Å²) in [5.74, 6) is -1.99. The second-order valence-electron chi connectivity index (χ2n) is 5.15. The normalized spacial score (nSPS) is 10.8. The number of rotatable bonds is 3. The van der Waals surface area contributed by atoms with Crippen molar-refractivity contribution >= 4 is 5.69 Å². The van der Waals surface area contributed by atoms with E-state index in [2.05, 4.69) is 4.98 Å². The van der Waals surface area contributed by atoms with Crippen LogP contribution in [-0.2, 0) is 7.05 Å². The number of phenolic OH excluding ortho intramolecular Hbond substituents is 2. The number of phenols is 2. The number of benzene rings is 1. The van der Waals surface area contributed by atoms with Crippen molar-refractivity contribution < 1.29 is 19.5 Å². The fourth-order valence-electron chi connectivity index (χ4n) is 2.54. The number of nitro groups is 1. The van der Waals surface area contributed by atoms with Gasteiger partial charge < -0.3 is 14.8 Å². The largest absolute Gasteiger partial charge is 0.504 e. The van der Waals surface area contributed by atoms with E-state index < -0.39 is 28.1 Å². The number of nitrogens with zero attached hydrogens (tertiary/aromatic N) is 3. The van der Waals surface area contributed by atoms with Crippen LogP contribution in [-0.4, -0.2) is 24.7 Å². The highest BCUT2D eigenvalue weighted by atomic mass is 19.1. The lowest BCUT2D eigenvalue weighted by Gasteiger charge is -2.09. The highest BCUT2D eigenvalue weighted by molar-refractivity contribution is 5.74. The van der Waals surface area contributed by atoms with E-state index in [0.717, 1.165) is 0 Å². The molecule has 3 rings (SSSR count). The minimum absolute atomic E-state index is 0.347. The average Bonchev–Trinajstić information content (AvgIpc) is 2.91. The molecule has 0 radical (unpaired) electrons. The van der Waals surface area contributed by atoms with Crippen molar-refractivity contribution in [3.05, 3.63) is 58.7 Å². The van der Waals surface area contributed by atoms with Crippen LogP contribution in [0.3, 0.4) is 0 Å². The van der Waals surface area contributed by atoms with Crippen molar-refractivity contribution in [1.82, 2.24) is 9.55 Å². The second-order valence-corrected chi connectivity index (χ2v) is 5.15. The predicted molar refractivity (Wildman–Crippen MR) is 84.0 cm³/mol. The number of hydrogen-bond acceptors (Lipinski definition) is 5. The summed E-state index contributed by atoms with van der Waals surface area (Å²) in [5.41, 5.74) is 1.57. The van der Waals surface area contributed by atoms with Crippen LogP contribution < -0.4 is 0 Å². The first-order valence-corrected chi connectivity index (χ1v) is 6.87. The third-order valence-corrected chi connectivity index (χ3v) is 3.71. The molecule has 3 aromatic rings. The van der Waals surface area contributed by atoms with E-state index in [-0.39, 0.29) is 0 Å². The van der Waals surface area contributed by atoms with Crippen molar-refractivity contribution in [1.29, 1.82) is 0 Å². The molecule has 0 atom stereocenters. The van der Waals surface area contributed by atoms with E-state index in [1.807, 2.05) is 0 Å². The minimum Gasteiger partial charge on any atom is -0.504 e. The molecule has 0 saturated carbocycles. The van der Waals surface area contributed by atoms with E-state index >= 15 is 0 Å². The van der Waals surface area contributed by atoms with Gasteiger partial charge in [-0.2, -0.15) is 4.39 Å². The Kier molecular flexibility index (Phi) is 3.64. The van der Waals surface area contributed by atoms with Crippen LogP contribution in [0.25, 0.3) is 22.5 Å². The molecule has 0 aliphatic heterocycles. The molecule has 0 amide bonds. The predicted octanol–water partition coefficient (Wildman–Crippen LogP) is 3.21. The molecule has 0 unspecified atom stereocenters. The van der Waals surface area contributed by atoms with Gasteiger partial charge in [-0.25, -0.2) is 4.98 Å². The molecule has 0 bridgehead atoms. The SMILES string of the molecule is Cn1c(-c2ccnc(F)c2)ccc1-c1cc(O)c(O)c([N+](=O)[O-])c1. The maximum Gasteiger partial charge on any atom is 0.315 e. The summed E-state index contributed by atoms with van der Waals surface area (Å²) in [6, 6.07) is 8.72. The maximum absolute atomic E-state index is 13.3. The second kappa shape index (κ2) is 5.65. The molecule has 8 heteroatoms. The van der Waals surface area contributed by atoms with Gasteiger partial charge in [-0.1, -0.05) is 0 Å². The van der Waals surface area contributed by atoms with Gasteiger partial charge in [-0.15, -0.1) is 0 Å². The maximum atomic E-state index is 13.3. The Morgan fingerprint density at radius 1 is 1.12 bits per heavy atom. The van der Waals surface area contributed by atoms with Crippen molar-refractivity contribution in [3.8, 4) is 34.0 Å². The first-order chi connectivity index (χ1) is 11.4. The fourth-order valence-corrected chi connectivity index (χ4v) is 2.54. The topological polar surface area (TPSA) is 101 Å². The van der Waals surface area contributed by atoms with E-state index in [0.29, 0.717) is 22.5 Å². The fraction of sp³-hybridized carbons (Fsp3) is 0.0625. The van der Waals surface area contributed by atoms with E-state index in [1.165, 1.54) is 24.4 Å². The molecular formula is C16H12FN3O4. The molecule has 2 heterocycles. The lowest BCUT2D eigenvalue weighted by Crippen LogP contribution is -1.96. The summed E-state index contributed by atoms with van der Waals surface area (Å²) >= 11 is 0. The summed E-state index contributed by atoms with van der Waals surface area (Å²) in [6.07, 6.45) is 1.34. The van der Waals surface area contributed by atoms with Gasteiger partial charge in [0.25, 0.3) is 0 Å². The molecule has 1 aromatic carbocycles. The van der Waals surface area contributed by atoms with Crippen molar-refractivity contribution in [2.75, 3.05) is 0 Å². The zero-order chi connectivity index (χ0) is 17.4. The number of aromatic nitrogens is 2. The number of pyridine rings is 1. The lowest BCUT2D eigenvalue weighted by molar-refractivity contribution is -0.385. The quantitative estimate of drug-likeness (QED) is 0.332. The van der Waals surface area contributed by atoms with Crippen LogP contribution in [0.4, 0.5) is 10.1 Å². The summed E-state index contributed by atoms with van der Waals surface area (Å²) in [4.78, 5) is 13.7. The number of halogens is 1. The van der Waals surface area contributed by atoms with E-state index in [9.17, 15) is 24.7 Å². The minimum atomic E-state index is -0.783. The Balaban J connectivity index is 2.14. The zero-order valence-corrected chi connectivity index (χ0v) is 12.5. The van der Waals surface area contributed by atoms with Crippen molar-refractivity contribution in [3.63, 3.8) is 0 Å². The molecule has 122 valence electrons. The van der Waals surface area contributed by atoms with Crippen LogP contribution in [0.5, 0.6) is 11.5 Å². The molecule has 7 nitrogen and oxygen atoms in total. The van der Waals surface area contributed by atoms with Crippen LogP contribution in [0.1, 0.15) is 0 Å². The Bertz CT molecular complexity index is 952. The highest BCUT2D eigenvalue weighted by Crippen LogP contribution is 2.40.